The Morgan fingerprint density at radius 1 is 1.29 bits per heavy atom. The molecule has 0 bridgehead atoms. The second-order valence-corrected chi connectivity index (χ2v) is 11.3. The molecule has 0 saturated carbocycles. The number of hydrogen-bond acceptors (Lipinski definition) is 6. The first-order valence-corrected chi connectivity index (χ1v) is 13.4. The van der Waals surface area contributed by atoms with Gasteiger partial charge in [0.25, 0.3) is 0 Å². The van der Waals surface area contributed by atoms with E-state index in [0.717, 1.165) is 12.0 Å². The summed E-state index contributed by atoms with van der Waals surface area (Å²) >= 11 is 0. The number of carboxylic acids is 1. The first-order valence-electron chi connectivity index (χ1n) is 12.0. The average molecular weight is 509 g/mol. The minimum absolute atomic E-state index is 0.0750. The Morgan fingerprint density at radius 3 is 2.71 bits per heavy atom. The van der Waals surface area contributed by atoms with Gasteiger partial charge in [-0.15, -0.1) is 0 Å². The van der Waals surface area contributed by atoms with E-state index in [9.17, 15) is 23.1 Å². The molecule has 7 N–H and O–H groups in total. The van der Waals surface area contributed by atoms with Crippen LogP contribution in [-0.2, 0) is 26.0 Å². The number of nitrogens with two attached hydrogens (primary N) is 2. The second kappa shape index (κ2) is 11.3. The van der Waals surface area contributed by atoms with Crippen molar-refractivity contribution < 1.29 is 23.1 Å². The predicted molar refractivity (Wildman–Crippen MR) is 133 cm³/mol. The Balaban J connectivity index is 1.88. The smallest absolute Gasteiger partial charge is 0.326 e. The number of rotatable bonds is 9. The Morgan fingerprint density at radius 2 is 2.03 bits per heavy atom. The van der Waals surface area contributed by atoms with Gasteiger partial charge in [-0.1, -0.05) is 26.0 Å². The number of anilines is 1. The lowest BCUT2D eigenvalue weighted by atomic mass is 9.91. The molecule has 0 radical (unpaired) electrons. The summed E-state index contributed by atoms with van der Waals surface area (Å²) in [5, 5.41) is 12.9. The van der Waals surface area contributed by atoms with Crippen LogP contribution in [0.25, 0.3) is 0 Å². The van der Waals surface area contributed by atoms with E-state index in [1.54, 1.807) is 6.07 Å². The van der Waals surface area contributed by atoms with Crippen LogP contribution in [-0.4, -0.2) is 68.0 Å². The SMILES string of the molecule is C[C@@H]1CNc2c(cccc2S(=O)(=O)NC(CCCN=C(N)N)C(=O)N2CC[C@@H](C)C[C@@H]2C(=O)O)C1. The molecule has 1 unspecified atom stereocenters. The minimum atomic E-state index is -4.10. The van der Waals surface area contributed by atoms with Crippen LogP contribution < -0.4 is 21.5 Å². The zero-order valence-corrected chi connectivity index (χ0v) is 21.1. The summed E-state index contributed by atoms with van der Waals surface area (Å²) in [7, 11) is -4.10. The topological polar surface area (TPSA) is 180 Å². The molecule has 1 amide bonds. The first-order chi connectivity index (χ1) is 16.5. The number of benzene rings is 1. The highest BCUT2D eigenvalue weighted by Gasteiger charge is 2.39. The molecule has 1 aromatic rings. The average Bonchev–Trinajstić information content (AvgIpc) is 2.79. The highest BCUT2D eigenvalue weighted by Crippen LogP contribution is 2.31. The van der Waals surface area contributed by atoms with E-state index in [2.05, 4.69) is 22.0 Å². The number of nitrogens with one attached hydrogen (secondary N) is 2. The van der Waals surface area contributed by atoms with Crippen molar-refractivity contribution >= 4 is 33.5 Å². The van der Waals surface area contributed by atoms with Gasteiger partial charge in [-0.05, 0) is 55.6 Å². The van der Waals surface area contributed by atoms with E-state index in [0.29, 0.717) is 37.4 Å². The van der Waals surface area contributed by atoms with Crippen LogP contribution in [0.2, 0.25) is 0 Å². The maximum absolute atomic E-state index is 13.5. The van der Waals surface area contributed by atoms with Crippen LogP contribution in [0, 0.1) is 11.8 Å². The Hall–Kier alpha value is -2.86. The zero-order chi connectivity index (χ0) is 25.8. The Labute approximate surface area is 206 Å². The number of para-hydroxylation sites is 1. The van der Waals surface area contributed by atoms with Crippen LogP contribution in [0.5, 0.6) is 0 Å². The molecule has 12 heteroatoms. The van der Waals surface area contributed by atoms with Crippen LogP contribution in [0.1, 0.15) is 45.1 Å². The lowest BCUT2D eigenvalue weighted by Gasteiger charge is -2.38. The molecule has 11 nitrogen and oxygen atoms in total. The predicted octanol–water partition coefficient (Wildman–Crippen LogP) is 0.703. The first kappa shape index (κ1) is 26.7. The summed E-state index contributed by atoms with van der Waals surface area (Å²) < 4.78 is 29.5. The van der Waals surface area contributed by atoms with Gasteiger partial charge in [0.2, 0.25) is 15.9 Å². The van der Waals surface area contributed by atoms with E-state index in [1.807, 2.05) is 13.0 Å². The molecule has 1 saturated heterocycles. The van der Waals surface area contributed by atoms with Gasteiger partial charge >= 0.3 is 5.97 Å². The number of nitrogens with zero attached hydrogens (tertiary/aromatic N) is 2. The number of guanidine groups is 1. The summed E-state index contributed by atoms with van der Waals surface area (Å²) in [4.78, 5) is 30.7. The number of carboxylic acid groups (broad SMARTS) is 1. The molecule has 2 aliphatic rings. The molecule has 0 aliphatic carbocycles. The fourth-order valence-corrected chi connectivity index (χ4v) is 6.17. The number of fused-ring (bicyclic) bond motifs is 1. The summed E-state index contributed by atoms with van der Waals surface area (Å²) in [6.45, 7) is 5.14. The highest BCUT2D eigenvalue weighted by atomic mass is 32.2. The number of aliphatic imine (C=N–C) groups is 1. The van der Waals surface area contributed by atoms with E-state index in [-0.39, 0.29) is 36.3 Å². The maximum Gasteiger partial charge on any atom is 0.326 e. The summed E-state index contributed by atoms with van der Waals surface area (Å²) in [5.41, 5.74) is 12.2. The van der Waals surface area contributed by atoms with Crippen molar-refractivity contribution in [2.45, 2.75) is 62.9 Å². The molecule has 3 rings (SSSR count). The van der Waals surface area contributed by atoms with Crippen LogP contribution in [0.3, 0.4) is 0 Å². The molecule has 2 aliphatic heterocycles. The van der Waals surface area contributed by atoms with E-state index in [1.165, 1.54) is 11.0 Å². The summed E-state index contributed by atoms with van der Waals surface area (Å²) in [6, 6.07) is 2.94. The molecule has 35 heavy (non-hydrogen) atoms. The van der Waals surface area contributed by atoms with Crippen molar-refractivity contribution in [1.29, 1.82) is 0 Å². The Bertz CT molecular complexity index is 1070. The lowest BCUT2D eigenvalue weighted by Crippen LogP contribution is -2.56. The molecule has 1 fully saturated rings. The van der Waals surface area contributed by atoms with Gasteiger partial charge in [0.1, 0.15) is 17.0 Å². The van der Waals surface area contributed by atoms with E-state index >= 15 is 0 Å². The van der Waals surface area contributed by atoms with Crippen LogP contribution in [0.4, 0.5) is 5.69 Å². The van der Waals surface area contributed by atoms with Crippen LogP contribution >= 0.6 is 0 Å². The molecule has 0 aromatic heterocycles. The van der Waals surface area contributed by atoms with Crippen molar-refractivity contribution in [3.63, 3.8) is 0 Å². The number of piperidine rings is 1. The third-order valence-corrected chi connectivity index (χ3v) is 8.09. The van der Waals surface area contributed by atoms with E-state index < -0.39 is 34.0 Å². The minimum Gasteiger partial charge on any atom is -0.480 e. The standard InChI is InChI=1S/C23H36N6O5S/c1-14-8-10-29(18(12-14)22(31)32)21(30)17(6-4-9-26-23(24)25)28-35(33,34)19-7-3-5-16-11-15(2)13-27-20(16)19/h3,5,7,14-15,17-18,27-28H,4,6,8-13H2,1-2H3,(H,31,32)(H4,24,25,26)/t14-,15+,17?,18-/m1/s1. The van der Waals surface area contributed by atoms with Crippen molar-refractivity contribution in [3.8, 4) is 0 Å². The highest BCUT2D eigenvalue weighted by molar-refractivity contribution is 7.89. The van der Waals surface area contributed by atoms with Gasteiger partial charge in [0, 0.05) is 19.6 Å². The number of amides is 1. The van der Waals surface area contributed by atoms with Gasteiger partial charge in [-0.2, -0.15) is 4.72 Å². The number of hydrogen-bond donors (Lipinski definition) is 5. The van der Waals surface area contributed by atoms with Crippen molar-refractivity contribution in [3.05, 3.63) is 23.8 Å². The van der Waals surface area contributed by atoms with Gasteiger partial charge < -0.3 is 26.8 Å². The van der Waals surface area contributed by atoms with E-state index in [4.69, 9.17) is 11.5 Å². The third kappa shape index (κ3) is 6.63. The quantitative estimate of drug-likeness (QED) is 0.184. The number of likely N-dealkylation sites (tertiary alicyclic amines) is 1. The summed E-state index contributed by atoms with van der Waals surface area (Å²) in [6.07, 6.45) is 2.17. The van der Waals surface area contributed by atoms with Crippen molar-refractivity contribution in [1.82, 2.24) is 9.62 Å². The van der Waals surface area contributed by atoms with Gasteiger partial charge in [-0.25, -0.2) is 13.2 Å². The molecular formula is C23H36N6O5S. The summed E-state index contributed by atoms with van der Waals surface area (Å²) in [5.74, 6) is -1.22. The second-order valence-electron chi connectivity index (χ2n) is 9.62. The number of sulfonamides is 1. The molecule has 1 aromatic carbocycles. The molecule has 4 atom stereocenters. The van der Waals surface area contributed by atoms with Crippen LogP contribution in [0.15, 0.2) is 28.1 Å². The lowest BCUT2D eigenvalue weighted by molar-refractivity contribution is -0.153. The van der Waals surface area contributed by atoms with Crippen molar-refractivity contribution in [2.24, 2.45) is 28.3 Å². The monoisotopic (exact) mass is 508 g/mol. The molecular weight excluding hydrogens is 472 g/mol. The zero-order valence-electron chi connectivity index (χ0n) is 20.2. The molecule has 0 spiro atoms. The number of aliphatic carboxylic acids is 1. The third-order valence-electron chi connectivity index (χ3n) is 6.57. The fourth-order valence-electron chi connectivity index (χ4n) is 4.72. The number of carbonyl (C=O) groups excluding carboxylic acids is 1. The molecule has 194 valence electrons. The maximum atomic E-state index is 13.5. The fraction of sp³-hybridized carbons (Fsp3) is 0.609. The number of carbonyl (C=O) groups is 2. The normalized spacial score (nSPS) is 23.0. The molecule has 2 heterocycles. The Kier molecular flexibility index (Phi) is 8.60. The van der Waals surface area contributed by atoms with Crippen molar-refractivity contribution in [2.75, 3.05) is 25.0 Å². The van der Waals surface area contributed by atoms with Gasteiger partial charge in [0.05, 0.1) is 5.69 Å². The largest absolute Gasteiger partial charge is 0.480 e. The van der Waals surface area contributed by atoms with Gasteiger partial charge in [-0.3, -0.25) is 9.79 Å². The van der Waals surface area contributed by atoms with Gasteiger partial charge in [0.15, 0.2) is 5.96 Å².